The molecule has 6 heteroatoms. The molecule has 27 heavy (non-hydrogen) atoms. The van der Waals surface area contributed by atoms with Crippen molar-refractivity contribution in [3.8, 4) is 0 Å². The average molecular weight is 362 g/mol. The van der Waals surface area contributed by atoms with Crippen LogP contribution in [0.5, 0.6) is 0 Å². The van der Waals surface area contributed by atoms with E-state index in [9.17, 15) is 14.4 Å². The van der Waals surface area contributed by atoms with E-state index in [0.29, 0.717) is 17.9 Å². The van der Waals surface area contributed by atoms with Crippen LogP contribution in [-0.4, -0.2) is 27.8 Å². The molecular formula is C21H18N2O4. The monoisotopic (exact) mass is 362 g/mol. The second-order valence-electron chi connectivity index (χ2n) is 7.86. The number of pyridine rings is 1. The van der Waals surface area contributed by atoms with E-state index in [0.717, 1.165) is 18.4 Å². The lowest BCUT2D eigenvalue weighted by Gasteiger charge is -2.59. The van der Waals surface area contributed by atoms with Gasteiger partial charge in [-0.3, -0.25) is 14.6 Å². The third kappa shape index (κ3) is 2.19. The lowest BCUT2D eigenvalue weighted by molar-refractivity contribution is -0.190. The number of carbonyl (C=O) groups excluding carboxylic acids is 3. The highest BCUT2D eigenvalue weighted by Crippen LogP contribution is 2.65. The first-order chi connectivity index (χ1) is 13.0. The molecule has 0 radical (unpaired) electrons. The molecule has 136 valence electrons. The number of aromatic nitrogens is 1. The van der Waals surface area contributed by atoms with E-state index in [4.69, 9.17) is 4.84 Å². The molecule has 1 aromatic carbocycles. The van der Waals surface area contributed by atoms with Crippen molar-refractivity contribution in [1.82, 2.24) is 10.0 Å². The Morgan fingerprint density at radius 2 is 1.67 bits per heavy atom. The molecule has 2 fully saturated rings. The van der Waals surface area contributed by atoms with E-state index >= 15 is 0 Å². The molecule has 0 saturated heterocycles. The maximum atomic E-state index is 13.2. The Kier molecular flexibility index (Phi) is 3.29. The zero-order chi connectivity index (χ0) is 18.6. The van der Waals surface area contributed by atoms with Gasteiger partial charge in [-0.2, -0.15) is 0 Å². The van der Waals surface area contributed by atoms with Gasteiger partial charge in [0.1, 0.15) is 0 Å². The lowest BCUT2D eigenvalue weighted by Crippen LogP contribution is -2.58. The molecule has 2 aliphatic carbocycles. The molecule has 2 aromatic rings. The fraction of sp³-hybridized carbons (Fsp3) is 0.333. The van der Waals surface area contributed by atoms with Crippen LogP contribution in [0.25, 0.3) is 0 Å². The smallest absolute Gasteiger partial charge is 0.329 e. The van der Waals surface area contributed by atoms with E-state index in [-0.39, 0.29) is 16.5 Å². The van der Waals surface area contributed by atoms with E-state index in [1.165, 1.54) is 6.42 Å². The zero-order valence-corrected chi connectivity index (χ0v) is 14.7. The van der Waals surface area contributed by atoms with E-state index in [2.05, 4.69) is 4.98 Å². The SMILES string of the molecule is O=C1c2ccccc2C(=O)N1OC(=O)C1(c2cccnc2)CC2(CCC2)C1. The summed E-state index contributed by atoms with van der Waals surface area (Å²) in [4.78, 5) is 47.8. The third-order valence-electron chi connectivity index (χ3n) is 6.30. The molecule has 2 heterocycles. The van der Waals surface area contributed by atoms with Crippen LogP contribution in [0.1, 0.15) is 58.4 Å². The van der Waals surface area contributed by atoms with Crippen molar-refractivity contribution < 1.29 is 19.2 Å². The first kappa shape index (κ1) is 16.2. The summed E-state index contributed by atoms with van der Waals surface area (Å²) in [5.41, 5.74) is 0.648. The second-order valence-corrected chi connectivity index (χ2v) is 7.86. The number of amides is 2. The first-order valence-corrected chi connectivity index (χ1v) is 9.16. The van der Waals surface area contributed by atoms with E-state index < -0.39 is 23.2 Å². The Morgan fingerprint density at radius 1 is 1.00 bits per heavy atom. The number of benzene rings is 1. The maximum Gasteiger partial charge on any atom is 0.343 e. The number of nitrogens with zero attached hydrogens (tertiary/aromatic N) is 2. The van der Waals surface area contributed by atoms with Gasteiger partial charge in [-0.1, -0.05) is 29.7 Å². The molecule has 2 saturated carbocycles. The minimum Gasteiger partial charge on any atom is -0.329 e. The Bertz CT molecular complexity index is 922. The van der Waals surface area contributed by atoms with Crippen LogP contribution in [0.15, 0.2) is 48.8 Å². The van der Waals surface area contributed by atoms with Gasteiger partial charge in [-0.25, -0.2) is 4.79 Å². The lowest BCUT2D eigenvalue weighted by atomic mass is 9.44. The van der Waals surface area contributed by atoms with Gasteiger partial charge in [0.05, 0.1) is 16.5 Å². The minimum absolute atomic E-state index is 0.191. The standard InChI is InChI=1S/C21H18N2O4/c24-17-15-6-1-2-7-16(15)18(25)23(17)27-19(26)21(14-5-3-10-22-11-14)12-20(13-21)8-4-9-20/h1-3,5-7,10-11H,4,8-9,12-13H2. The van der Waals surface area contributed by atoms with Gasteiger partial charge in [0.2, 0.25) is 0 Å². The van der Waals surface area contributed by atoms with Gasteiger partial charge in [0.15, 0.2) is 0 Å². The van der Waals surface area contributed by atoms with Crippen molar-refractivity contribution in [2.24, 2.45) is 5.41 Å². The Labute approximate surface area is 156 Å². The van der Waals surface area contributed by atoms with Crippen molar-refractivity contribution in [2.45, 2.75) is 37.5 Å². The summed E-state index contributed by atoms with van der Waals surface area (Å²) in [5, 5.41) is 0.608. The molecule has 3 aliphatic rings. The fourth-order valence-corrected chi connectivity index (χ4v) is 4.79. The molecule has 1 spiro atoms. The van der Waals surface area contributed by atoms with E-state index in [1.807, 2.05) is 6.07 Å². The minimum atomic E-state index is -0.843. The zero-order valence-electron chi connectivity index (χ0n) is 14.7. The summed E-state index contributed by atoms with van der Waals surface area (Å²) in [7, 11) is 0. The summed E-state index contributed by atoms with van der Waals surface area (Å²) in [6, 6.07) is 10.1. The Morgan fingerprint density at radius 3 is 2.19 bits per heavy atom. The molecule has 0 unspecified atom stereocenters. The van der Waals surface area contributed by atoms with Crippen LogP contribution in [0, 0.1) is 5.41 Å². The third-order valence-corrected chi connectivity index (χ3v) is 6.30. The fourth-order valence-electron chi connectivity index (χ4n) is 4.79. The van der Waals surface area contributed by atoms with Gasteiger partial charge in [0.25, 0.3) is 11.8 Å². The number of hydrogen-bond acceptors (Lipinski definition) is 5. The van der Waals surface area contributed by atoms with Crippen molar-refractivity contribution in [3.63, 3.8) is 0 Å². The van der Waals surface area contributed by atoms with Crippen molar-refractivity contribution in [3.05, 3.63) is 65.5 Å². The van der Waals surface area contributed by atoms with Crippen LogP contribution in [0.4, 0.5) is 0 Å². The number of carbonyl (C=O) groups is 3. The summed E-state index contributed by atoms with van der Waals surface area (Å²) in [6.07, 6.45) is 8.07. The van der Waals surface area contributed by atoms with Gasteiger partial charge in [0, 0.05) is 12.4 Å². The molecule has 6 nitrogen and oxygen atoms in total. The average Bonchev–Trinajstić information content (AvgIpc) is 2.86. The van der Waals surface area contributed by atoms with Crippen LogP contribution >= 0.6 is 0 Å². The largest absolute Gasteiger partial charge is 0.343 e. The van der Waals surface area contributed by atoms with Gasteiger partial charge in [-0.05, 0) is 54.9 Å². The first-order valence-electron chi connectivity index (χ1n) is 9.16. The normalized spacial score (nSPS) is 21.4. The summed E-state index contributed by atoms with van der Waals surface area (Å²) in [5.74, 6) is -1.74. The molecule has 0 N–H and O–H groups in total. The van der Waals surface area contributed by atoms with Crippen LogP contribution < -0.4 is 0 Å². The number of imide groups is 1. The Balaban J connectivity index is 1.44. The highest BCUT2D eigenvalue weighted by Gasteiger charge is 2.63. The van der Waals surface area contributed by atoms with E-state index in [1.54, 1.807) is 42.7 Å². The molecule has 5 rings (SSSR count). The number of hydroxylamine groups is 2. The highest BCUT2D eigenvalue weighted by atomic mass is 16.7. The summed E-state index contributed by atoms with van der Waals surface area (Å²) in [6.45, 7) is 0. The molecule has 1 aliphatic heterocycles. The molecule has 2 amide bonds. The number of hydrogen-bond donors (Lipinski definition) is 0. The van der Waals surface area contributed by atoms with Crippen molar-refractivity contribution >= 4 is 17.8 Å². The predicted molar refractivity (Wildman–Crippen MR) is 94.5 cm³/mol. The topological polar surface area (TPSA) is 76.6 Å². The summed E-state index contributed by atoms with van der Waals surface area (Å²) >= 11 is 0. The number of fused-ring (bicyclic) bond motifs is 1. The quantitative estimate of drug-likeness (QED) is 0.785. The second kappa shape index (κ2) is 5.49. The van der Waals surface area contributed by atoms with Crippen molar-refractivity contribution in [2.75, 3.05) is 0 Å². The maximum absolute atomic E-state index is 13.2. The van der Waals surface area contributed by atoms with Gasteiger partial charge < -0.3 is 4.84 Å². The highest BCUT2D eigenvalue weighted by molar-refractivity contribution is 6.21. The van der Waals surface area contributed by atoms with Crippen LogP contribution in [0.3, 0.4) is 0 Å². The predicted octanol–water partition coefficient (Wildman–Crippen LogP) is 3.04. The molecule has 0 atom stereocenters. The van der Waals surface area contributed by atoms with Crippen LogP contribution in [-0.2, 0) is 15.0 Å². The van der Waals surface area contributed by atoms with Gasteiger partial charge in [-0.15, -0.1) is 0 Å². The van der Waals surface area contributed by atoms with Gasteiger partial charge >= 0.3 is 5.97 Å². The summed E-state index contributed by atoms with van der Waals surface area (Å²) < 4.78 is 0. The van der Waals surface area contributed by atoms with Crippen molar-refractivity contribution in [1.29, 1.82) is 0 Å². The number of rotatable bonds is 3. The molecule has 0 bridgehead atoms. The molecule has 1 aromatic heterocycles. The van der Waals surface area contributed by atoms with Crippen LogP contribution in [0.2, 0.25) is 0 Å². The molecular weight excluding hydrogens is 344 g/mol. The Hall–Kier alpha value is -3.02.